The average molecular weight is 305 g/mol. The molecule has 0 fully saturated rings. The number of rotatable bonds is 4. The molecule has 102 valence electrons. The monoisotopic (exact) mass is 305 g/mol. The first kappa shape index (κ1) is 13.1. The highest BCUT2D eigenvalue weighted by Crippen LogP contribution is 2.33. The van der Waals surface area contributed by atoms with E-state index in [1.807, 2.05) is 30.5 Å². The largest absolute Gasteiger partial charge is 0.618 e. The van der Waals surface area contributed by atoms with Crippen LogP contribution >= 0.6 is 23.1 Å². The van der Waals surface area contributed by atoms with Crippen LogP contribution in [-0.2, 0) is 0 Å². The van der Waals surface area contributed by atoms with Gasteiger partial charge >= 0.3 is 0 Å². The van der Waals surface area contributed by atoms with E-state index in [2.05, 4.69) is 10.1 Å². The maximum atomic E-state index is 11.6. The number of thiophene rings is 1. The number of hydrogen-bond acceptors (Lipinski definition) is 6. The van der Waals surface area contributed by atoms with E-state index in [0.29, 0.717) is 16.7 Å². The molecule has 20 heavy (non-hydrogen) atoms. The summed E-state index contributed by atoms with van der Waals surface area (Å²) in [6, 6.07) is 9.18. The van der Waals surface area contributed by atoms with Crippen LogP contribution in [0.1, 0.15) is 18.1 Å². The first-order valence-electron chi connectivity index (χ1n) is 5.96. The molecule has 7 heteroatoms. The van der Waals surface area contributed by atoms with Crippen LogP contribution in [0, 0.1) is 5.21 Å². The fourth-order valence-corrected chi connectivity index (χ4v) is 3.17. The van der Waals surface area contributed by atoms with Crippen LogP contribution in [0.2, 0.25) is 0 Å². The Morgan fingerprint density at radius 3 is 3.00 bits per heavy atom. The van der Waals surface area contributed by atoms with Gasteiger partial charge in [0.25, 0.3) is 5.03 Å². The summed E-state index contributed by atoms with van der Waals surface area (Å²) in [5.74, 6) is 1.10. The first-order chi connectivity index (χ1) is 9.74. The predicted molar refractivity (Wildman–Crippen MR) is 77.3 cm³/mol. The van der Waals surface area contributed by atoms with Gasteiger partial charge < -0.3 is 9.73 Å². The molecule has 1 atom stereocenters. The zero-order chi connectivity index (χ0) is 13.9. The molecule has 3 aromatic rings. The minimum absolute atomic E-state index is 0.0844. The van der Waals surface area contributed by atoms with Crippen molar-refractivity contribution in [2.24, 2.45) is 0 Å². The summed E-state index contributed by atoms with van der Waals surface area (Å²) in [6.07, 6.45) is 1.47. The second-order valence-corrected chi connectivity index (χ2v) is 6.37. The molecule has 3 rings (SSSR count). The standard InChI is InChI=1S/C13H11N3O2S2/c1-9(20-11-6-2-3-7-16(11)17)13-14-12(15-18-13)10-5-4-8-19-10/h2-9H,1H3. The van der Waals surface area contributed by atoms with Gasteiger partial charge in [-0.25, -0.2) is 0 Å². The van der Waals surface area contributed by atoms with Gasteiger partial charge in [0.15, 0.2) is 6.20 Å². The summed E-state index contributed by atoms with van der Waals surface area (Å²) in [5, 5.41) is 18.1. The van der Waals surface area contributed by atoms with Gasteiger partial charge in [0, 0.05) is 12.1 Å². The number of aromatic nitrogens is 3. The number of nitrogens with zero attached hydrogens (tertiary/aromatic N) is 3. The van der Waals surface area contributed by atoms with Gasteiger partial charge in [0.1, 0.15) is 0 Å². The van der Waals surface area contributed by atoms with E-state index in [-0.39, 0.29) is 5.25 Å². The molecule has 0 aliphatic carbocycles. The van der Waals surface area contributed by atoms with Gasteiger partial charge in [-0.3, -0.25) is 0 Å². The Morgan fingerprint density at radius 1 is 1.35 bits per heavy atom. The third kappa shape index (κ3) is 2.68. The fourth-order valence-electron chi connectivity index (χ4n) is 1.64. The summed E-state index contributed by atoms with van der Waals surface area (Å²) < 4.78 is 6.11. The number of thioether (sulfide) groups is 1. The molecule has 0 bridgehead atoms. The van der Waals surface area contributed by atoms with Crippen LogP contribution in [0.15, 0.2) is 51.5 Å². The Morgan fingerprint density at radius 2 is 2.25 bits per heavy atom. The lowest BCUT2D eigenvalue weighted by Gasteiger charge is -2.06. The van der Waals surface area contributed by atoms with Gasteiger partial charge in [-0.1, -0.05) is 11.2 Å². The lowest BCUT2D eigenvalue weighted by atomic mass is 10.4. The van der Waals surface area contributed by atoms with E-state index in [4.69, 9.17) is 4.52 Å². The zero-order valence-corrected chi connectivity index (χ0v) is 12.2. The summed E-state index contributed by atoms with van der Waals surface area (Å²) in [5.41, 5.74) is 0. The third-order valence-electron chi connectivity index (χ3n) is 2.62. The molecule has 3 heterocycles. The summed E-state index contributed by atoms with van der Waals surface area (Å²) in [6.45, 7) is 1.93. The highest BCUT2D eigenvalue weighted by atomic mass is 32.2. The van der Waals surface area contributed by atoms with E-state index in [1.165, 1.54) is 18.0 Å². The van der Waals surface area contributed by atoms with Crippen molar-refractivity contribution in [3.63, 3.8) is 0 Å². The Labute approximate surface area is 123 Å². The van der Waals surface area contributed by atoms with Crippen LogP contribution in [0.25, 0.3) is 10.7 Å². The highest BCUT2D eigenvalue weighted by molar-refractivity contribution is 7.99. The molecule has 0 aromatic carbocycles. The molecule has 0 amide bonds. The van der Waals surface area contributed by atoms with Crippen molar-refractivity contribution in [3.8, 4) is 10.7 Å². The maximum Gasteiger partial charge on any atom is 0.252 e. The minimum atomic E-state index is -0.0844. The Bertz CT molecular complexity index is 697. The lowest BCUT2D eigenvalue weighted by Crippen LogP contribution is -2.27. The van der Waals surface area contributed by atoms with E-state index < -0.39 is 0 Å². The summed E-state index contributed by atoms with van der Waals surface area (Å²) >= 11 is 2.95. The molecule has 0 aliphatic heterocycles. The second-order valence-electron chi connectivity index (χ2n) is 4.06. The van der Waals surface area contributed by atoms with Crippen molar-refractivity contribution in [1.29, 1.82) is 0 Å². The third-order valence-corrected chi connectivity index (χ3v) is 4.60. The quantitative estimate of drug-likeness (QED) is 0.420. The number of hydrogen-bond donors (Lipinski definition) is 0. The molecule has 5 nitrogen and oxygen atoms in total. The van der Waals surface area contributed by atoms with Crippen LogP contribution in [0.4, 0.5) is 0 Å². The highest BCUT2D eigenvalue weighted by Gasteiger charge is 2.20. The van der Waals surface area contributed by atoms with Crippen molar-refractivity contribution in [2.45, 2.75) is 17.2 Å². The summed E-state index contributed by atoms with van der Waals surface area (Å²) in [4.78, 5) is 5.35. The van der Waals surface area contributed by atoms with Gasteiger partial charge in [-0.15, -0.1) is 11.3 Å². The Hall–Kier alpha value is -1.86. The molecule has 3 aromatic heterocycles. The van der Waals surface area contributed by atoms with Crippen LogP contribution in [0.3, 0.4) is 0 Å². The van der Waals surface area contributed by atoms with Crippen molar-refractivity contribution < 1.29 is 9.25 Å². The molecule has 0 aliphatic rings. The van der Waals surface area contributed by atoms with E-state index >= 15 is 0 Å². The summed E-state index contributed by atoms with van der Waals surface area (Å²) in [7, 11) is 0. The normalized spacial score (nSPS) is 12.4. The predicted octanol–water partition coefficient (Wildman–Crippen LogP) is 3.28. The molecule has 0 N–H and O–H groups in total. The van der Waals surface area contributed by atoms with Gasteiger partial charge in [0.05, 0.1) is 10.1 Å². The molecule has 1 unspecified atom stereocenters. The van der Waals surface area contributed by atoms with Crippen molar-refractivity contribution in [1.82, 2.24) is 10.1 Å². The Kier molecular flexibility index (Phi) is 3.70. The van der Waals surface area contributed by atoms with Crippen LogP contribution in [-0.4, -0.2) is 10.1 Å². The average Bonchev–Trinajstić information content (AvgIpc) is 3.11. The van der Waals surface area contributed by atoms with Gasteiger partial charge in [0.2, 0.25) is 11.7 Å². The van der Waals surface area contributed by atoms with Crippen LogP contribution in [0.5, 0.6) is 0 Å². The van der Waals surface area contributed by atoms with Gasteiger partial charge in [-0.2, -0.15) is 9.71 Å². The maximum absolute atomic E-state index is 11.6. The van der Waals surface area contributed by atoms with E-state index in [0.717, 1.165) is 9.61 Å². The zero-order valence-electron chi connectivity index (χ0n) is 10.6. The molecular formula is C13H11N3O2S2. The lowest BCUT2D eigenvalue weighted by molar-refractivity contribution is -0.645. The topological polar surface area (TPSA) is 65.9 Å². The van der Waals surface area contributed by atoms with Crippen molar-refractivity contribution >= 4 is 23.1 Å². The molecule has 0 saturated carbocycles. The molecule has 0 radical (unpaired) electrons. The smallest absolute Gasteiger partial charge is 0.252 e. The van der Waals surface area contributed by atoms with Crippen molar-refractivity contribution in [3.05, 3.63) is 53.0 Å². The molecule has 0 saturated heterocycles. The first-order valence-corrected chi connectivity index (χ1v) is 7.72. The van der Waals surface area contributed by atoms with Crippen molar-refractivity contribution in [2.75, 3.05) is 0 Å². The second kappa shape index (κ2) is 5.64. The Balaban J connectivity index is 1.78. The molecular weight excluding hydrogens is 294 g/mol. The van der Waals surface area contributed by atoms with Gasteiger partial charge in [-0.05, 0) is 36.2 Å². The van der Waals surface area contributed by atoms with E-state index in [1.54, 1.807) is 23.5 Å². The molecule has 0 spiro atoms. The number of pyridine rings is 1. The van der Waals surface area contributed by atoms with E-state index in [9.17, 15) is 5.21 Å². The SMILES string of the molecule is CC(Sc1cccc[n+]1[O-])c1nc(-c2cccs2)no1. The van der Waals surface area contributed by atoms with Crippen LogP contribution < -0.4 is 4.73 Å². The fraction of sp³-hybridized carbons (Fsp3) is 0.154. The minimum Gasteiger partial charge on any atom is -0.618 e.